The summed E-state index contributed by atoms with van der Waals surface area (Å²) in [5.41, 5.74) is 41.2. The predicted octanol–water partition coefficient (Wildman–Crippen LogP) is -10.9. The number of aliphatic carboxylic acids is 1. The summed E-state index contributed by atoms with van der Waals surface area (Å²) in [4.78, 5) is 238. The smallest absolute Gasteiger partial charge is 0.326 e. The third-order valence-corrected chi connectivity index (χ3v) is 21.6. The summed E-state index contributed by atoms with van der Waals surface area (Å²) in [7, 11) is 0. The molecule has 50 heteroatoms. The van der Waals surface area contributed by atoms with Crippen molar-refractivity contribution in [3.05, 3.63) is 59.7 Å². The van der Waals surface area contributed by atoms with Crippen LogP contribution in [0, 0.1) is 17.2 Å². The zero-order chi connectivity index (χ0) is 98.1. The van der Waals surface area contributed by atoms with Crippen molar-refractivity contribution < 1.29 is 117 Å². The number of rotatable bonds is 58. The van der Waals surface area contributed by atoms with Gasteiger partial charge in [-0.15, -0.1) is 0 Å². The Bertz CT molecular complexity index is 4160. The molecule has 0 bridgehead atoms. The third-order valence-electron chi connectivity index (χ3n) is 20.9. The molecule has 2 aromatic carbocycles. The number of primary amides is 1. The maximum absolute atomic E-state index is 14.7. The number of carboxylic acid groups (broad SMARTS) is 1. The first-order valence-electron chi connectivity index (χ1n) is 42.3. The van der Waals surface area contributed by atoms with Gasteiger partial charge in [0, 0.05) is 42.9 Å². The maximum Gasteiger partial charge on any atom is 0.326 e. The Balaban J connectivity index is 1.88. The monoisotopic (exact) mass is 1880 g/mol. The molecular weight excluding hydrogens is 1750 g/mol. The number of aliphatic hydroxyl groups is 4. The van der Waals surface area contributed by atoms with Gasteiger partial charge in [-0.2, -0.15) is 25.3 Å². The highest BCUT2D eigenvalue weighted by atomic mass is 32.1. The van der Waals surface area contributed by atoms with Crippen LogP contribution >= 0.6 is 25.3 Å². The Morgan fingerprint density at radius 2 is 0.869 bits per heavy atom. The summed E-state index contributed by atoms with van der Waals surface area (Å²) in [6.45, 7) is 7.10. The highest BCUT2D eigenvalue weighted by molar-refractivity contribution is 7.81. The number of phenols is 2. The van der Waals surface area contributed by atoms with Crippen molar-refractivity contribution in [1.82, 2.24) is 84.7 Å². The second-order valence-corrected chi connectivity index (χ2v) is 33.8. The molecule has 0 aromatic heterocycles. The number of aromatic hydroxyl groups is 2. The quantitative estimate of drug-likeness (QED) is 0.0127. The number of guanidine groups is 1. The molecular formula is C80H132N24O24S2. The SMILES string of the molecule is CC[C@H](C)[C@H](NC(=O)[C@@H]1C[C@@H](O)CN1C(=O)[C@@H](N)C(C)C)C(=O)N[C@H](C(=O)N[C@@H](Cc1ccc(O)cc1)C(=O)N[C@@H](CO)C(=O)N[C@@H](CC(N)=O)C(=O)N[C@@H](CCCNC(=N)N)C(=O)N[C@@H](CO)C(=O)N[C@H](C(=O)N[C@H](CCN)C(=O)N[C@@H](CCCCN)C(=O)N[C@@H](CCN)C(=O)N[C@@H](CCN)C(=O)N[C@@H](CS)C(=O)N[C@@H](Cc1ccc(O)cc1)C(=O)O)[C@@H](C)O)C(C)(C)S. The Hall–Kier alpha value is -11.4. The van der Waals surface area contributed by atoms with Gasteiger partial charge in [-0.25, -0.2) is 4.79 Å². The second kappa shape index (κ2) is 56.3. The van der Waals surface area contributed by atoms with Crippen molar-refractivity contribution >= 4 is 132 Å². The number of unbranched alkanes of at least 4 members (excludes halogenated alkanes) is 1. The first-order chi connectivity index (χ1) is 61.1. The Morgan fingerprint density at radius 3 is 1.28 bits per heavy atom. The third kappa shape index (κ3) is 37.6. The lowest BCUT2D eigenvalue weighted by Gasteiger charge is -2.34. The molecule has 19 atom stereocenters. The van der Waals surface area contributed by atoms with Crippen LogP contribution < -0.4 is 120 Å². The van der Waals surface area contributed by atoms with E-state index in [9.17, 15) is 117 Å². The number of thiol groups is 2. The number of hydrogen-bond donors (Lipinski definition) is 32. The van der Waals surface area contributed by atoms with E-state index in [4.69, 9.17) is 45.5 Å². The molecule has 3 rings (SSSR count). The lowest BCUT2D eigenvalue weighted by Crippen LogP contribution is -2.64. The number of benzene rings is 2. The highest BCUT2D eigenvalue weighted by Crippen LogP contribution is 2.24. The number of carbonyl (C=O) groups is 17. The summed E-state index contributed by atoms with van der Waals surface area (Å²) >= 11 is 8.76. The Morgan fingerprint density at radius 1 is 0.492 bits per heavy atom. The first-order valence-corrected chi connectivity index (χ1v) is 43.4. The van der Waals surface area contributed by atoms with Crippen molar-refractivity contribution in [3.8, 4) is 11.5 Å². The van der Waals surface area contributed by atoms with Gasteiger partial charge in [0.1, 0.15) is 102 Å². The largest absolute Gasteiger partial charge is 0.508 e. The van der Waals surface area contributed by atoms with E-state index in [1.54, 1.807) is 27.7 Å². The van der Waals surface area contributed by atoms with Gasteiger partial charge in [-0.3, -0.25) is 82.1 Å². The van der Waals surface area contributed by atoms with E-state index in [1.807, 2.05) is 0 Å². The molecule has 16 amide bonds. The number of carbonyl (C=O) groups excluding carboxylic acids is 16. The van der Waals surface area contributed by atoms with Gasteiger partial charge in [0.25, 0.3) is 0 Å². The summed E-state index contributed by atoms with van der Waals surface area (Å²) in [5.74, 6) is -21.1. The van der Waals surface area contributed by atoms with Crippen molar-refractivity contribution in [2.75, 3.05) is 58.2 Å². The number of amides is 16. The molecule has 0 radical (unpaired) electrons. The van der Waals surface area contributed by atoms with E-state index in [0.717, 1.165) is 11.8 Å². The average molecular weight is 1880 g/mol. The van der Waals surface area contributed by atoms with Crippen molar-refractivity contribution in [2.24, 2.45) is 52.0 Å². The number of likely N-dealkylation sites (tertiary alicyclic amines) is 1. The van der Waals surface area contributed by atoms with E-state index in [2.05, 4.69) is 105 Å². The minimum atomic E-state index is -2.07. The van der Waals surface area contributed by atoms with Gasteiger partial charge in [0.15, 0.2) is 5.96 Å². The molecule has 0 spiro atoms. The first kappa shape index (κ1) is 113. The normalized spacial score (nSPS) is 17.0. The molecule has 1 heterocycles. The van der Waals surface area contributed by atoms with Crippen LogP contribution in [0.2, 0.25) is 0 Å². The molecule has 0 unspecified atom stereocenters. The van der Waals surface area contributed by atoms with E-state index in [0.29, 0.717) is 12.0 Å². The maximum atomic E-state index is 14.7. The molecule has 1 fully saturated rings. The van der Waals surface area contributed by atoms with Crippen molar-refractivity contribution in [1.29, 1.82) is 5.41 Å². The molecule has 1 saturated heterocycles. The van der Waals surface area contributed by atoms with Gasteiger partial charge >= 0.3 is 5.97 Å². The summed E-state index contributed by atoms with van der Waals surface area (Å²) in [5, 5.41) is 116. The van der Waals surface area contributed by atoms with Crippen LogP contribution in [0.1, 0.15) is 130 Å². The van der Waals surface area contributed by atoms with Crippen LogP contribution in [-0.4, -0.2) is 319 Å². The van der Waals surface area contributed by atoms with Crippen LogP contribution in [0.25, 0.3) is 0 Å². The molecule has 130 heavy (non-hydrogen) atoms. The predicted molar refractivity (Wildman–Crippen MR) is 476 cm³/mol. The number of nitrogens with zero attached hydrogens (tertiary/aromatic N) is 1. The number of β-amino-alcohol motifs (C(OH)–C–C–N with tert-alkyl or cyclic N) is 1. The summed E-state index contributed by atoms with van der Waals surface area (Å²) in [6.07, 6.45) is -5.66. The second-order valence-electron chi connectivity index (χ2n) is 32.3. The van der Waals surface area contributed by atoms with Gasteiger partial charge in [-0.1, -0.05) is 58.4 Å². The fourth-order valence-electron chi connectivity index (χ4n) is 13.2. The van der Waals surface area contributed by atoms with E-state index >= 15 is 0 Å². The van der Waals surface area contributed by atoms with Gasteiger partial charge < -0.3 is 161 Å². The van der Waals surface area contributed by atoms with Crippen LogP contribution in [0.15, 0.2) is 48.5 Å². The number of phenolic OH excluding ortho intramolecular Hbond substituents is 2. The number of nitrogens with one attached hydrogen (secondary N) is 16. The zero-order valence-corrected chi connectivity index (χ0v) is 75.5. The molecule has 2 aromatic rings. The molecule has 728 valence electrons. The fraction of sp³-hybridized carbons (Fsp3) is 0.625. The minimum absolute atomic E-state index is 0.0864. The van der Waals surface area contributed by atoms with Crippen LogP contribution in [0.3, 0.4) is 0 Å². The van der Waals surface area contributed by atoms with Crippen molar-refractivity contribution in [3.63, 3.8) is 0 Å². The lowest BCUT2D eigenvalue weighted by atomic mass is 9.95. The Kier molecular flexibility index (Phi) is 48.8. The number of nitrogens with two attached hydrogens (primary N) is 7. The number of aliphatic hydroxyl groups excluding tert-OH is 4. The van der Waals surface area contributed by atoms with Crippen LogP contribution in [-0.2, 0) is 94.3 Å². The zero-order valence-electron chi connectivity index (χ0n) is 73.7. The number of hydrogen-bond acceptors (Lipinski definition) is 31. The average Bonchev–Trinajstić information content (AvgIpc) is 1.50. The van der Waals surface area contributed by atoms with E-state index in [1.165, 1.54) is 62.4 Å². The highest BCUT2D eigenvalue weighted by Gasteiger charge is 2.46. The molecule has 37 N–H and O–H groups in total. The molecule has 48 nitrogen and oxygen atoms in total. The van der Waals surface area contributed by atoms with Gasteiger partial charge in [-0.05, 0) is 146 Å². The van der Waals surface area contributed by atoms with E-state index < -0.39 is 258 Å². The van der Waals surface area contributed by atoms with Gasteiger partial charge in [0.2, 0.25) is 94.5 Å². The topological polar surface area (TPSA) is 821 Å². The standard InChI is InChI=1S/C80H132N24O24S2/c1-8-39(4)60(101-73(122)57-32-45(110)34-104(57)77(126)59(86)38(2)3)74(123)103-62(80(6,7)130)76(125)96-51(30-41-14-18-43(108)19-15-41)68(117)99-54(35-105)70(119)95-52(33-58(85)111)69(118)91-47(13-11-29-89-79(87)88)64(113)98-55(36-106)71(120)102-61(40(5)107)75(124)94-50(24-28-84)66(115)90-46(12-9-10-25-81)63(112)92-48(22-26-82)65(114)93-49(23-27-83)67(116)100-56(37-129)72(121)97-53(78(127)128)31-42-16-20-44(109)21-17-42/h14-21,38-40,45-57,59-62,105-110,129-130H,8-13,22-37,81-84,86H2,1-7H3,(H2,85,111)(H,90,115)(H,91,118)(H,92,112)(H,93,114)(H,94,124)(H,95,119)(H,96,125)(H,97,121)(H,98,113)(H,99,117)(H,100,116)(H,101,122)(H,102,120)(H,103,123)(H,127,128)(H4,87,88,89)/t39-,40+,45+,46-,47-,48-,49-,50+,51-,52-,53-,54-,55-,56-,57-,59-,60-,61-,62+/m0/s1. The summed E-state index contributed by atoms with van der Waals surface area (Å²) < 4.78 is -1.49. The minimum Gasteiger partial charge on any atom is -0.508 e. The van der Waals surface area contributed by atoms with E-state index in [-0.39, 0.29) is 126 Å². The van der Waals surface area contributed by atoms with Crippen molar-refractivity contribution in [2.45, 2.75) is 246 Å². The van der Waals surface area contributed by atoms with Crippen LogP contribution in [0.5, 0.6) is 11.5 Å². The molecule has 0 saturated carbocycles. The number of carboxylic acids is 1. The van der Waals surface area contributed by atoms with Crippen LogP contribution in [0.4, 0.5) is 0 Å². The van der Waals surface area contributed by atoms with Gasteiger partial charge in [0.05, 0.1) is 37.9 Å². The Labute approximate surface area is 762 Å². The molecule has 1 aliphatic rings. The molecule has 0 aliphatic carbocycles. The molecule has 1 aliphatic heterocycles. The lowest BCUT2D eigenvalue weighted by molar-refractivity contribution is -0.142. The summed E-state index contributed by atoms with van der Waals surface area (Å²) in [6, 6.07) is -15.5. The fourth-order valence-corrected chi connectivity index (χ4v) is 13.6.